The normalized spacial score (nSPS) is 26.1. The van der Waals surface area contributed by atoms with Gasteiger partial charge in [-0.3, -0.25) is 47.9 Å². The fraction of sp³-hybridized carbons (Fsp3) is 0.593. The van der Waals surface area contributed by atoms with E-state index in [1.54, 1.807) is 76.2 Å². The first-order chi connectivity index (χ1) is 35.1. The topological polar surface area (TPSA) is 273 Å². The first kappa shape index (κ1) is 58.0. The van der Waals surface area contributed by atoms with E-state index in [9.17, 15) is 47.9 Å². The molecule has 3 saturated heterocycles. The van der Waals surface area contributed by atoms with E-state index in [2.05, 4.69) is 42.5 Å². The molecule has 8 atom stereocenters. The first-order valence-electron chi connectivity index (χ1n) is 26.2. The van der Waals surface area contributed by atoms with E-state index in [0.717, 1.165) is 11.1 Å². The number of amides is 10. The van der Waals surface area contributed by atoms with Crippen LogP contribution in [0.2, 0.25) is 0 Å². The number of nitrogens with one attached hydrogen (secondary N) is 8. The molecule has 3 fully saturated rings. The molecule has 74 heavy (non-hydrogen) atoms. The Labute approximate surface area is 434 Å². The number of fused-ring (bicyclic) bond motifs is 2. The third-order valence-electron chi connectivity index (χ3n) is 13.5. The van der Waals surface area contributed by atoms with Crippen LogP contribution < -0.4 is 42.5 Å². The lowest BCUT2D eigenvalue weighted by Crippen LogP contribution is -2.60. The molecule has 10 amide bonds. The smallest absolute Gasteiger partial charge is 0.246 e. The van der Waals surface area contributed by atoms with Crippen molar-refractivity contribution < 1.29 is 47.9 Å². The Bertz CT molecular complexity index is 2150. The molecule has 3 aliphatic rings. The Balaban J connectivity index is 1.48. The zero-order valence-electron chi connectivity index (χ0n) is 44.2. The predicted octanol–water partition coefficient (Wildman–Crippen LogP) is 1.01. The van der Waals surface area contributed by atoms with E-state index in [1.165, 1.54) is 9.80 Å². The van der Waals surface area contributed by atoms with Crippen molar-refractivity contribution in [2.75, 3.05) is 26.2 Å². The molecule has 20 heteroatoms. The van der Waals surface area contributed by atoms with Gasteiger partial charge in [-0.15, -0.1) is 0 Å². The second kappa shape index (κ2) is 27.4. The van der Waals surface area contributed by atoms with Gasteiger partial charge >= 0.3 is 0 Å². The lowest BCUT2D eigenvalue weighted by Gasteiger charge is -2.32. The fourth-order valence-corrected chi connectivity index (χ4v) is 9.67. The van der Waals surface area contributed by atoms with Gasteiger partial charge in [-0.2, -0.15) is 0 Å². The van der Waals surface area contributed by atoms with Crippen molar-refractivity contribution >= 4 is 59.1 Å². The van der Waals surface area contributed by atoms with E-state index >= 15 is 0 Å². The Morgan fingerprint density at radius 3 is 1.11 bits per heavy atom. The number of hydrogen-bond acceptors (Lipinski definition) is 10. The Morgan fingerprint density at radius 1 is 0.432 bits per heavy atom. The summed E-state index contributed by atoms with van der Waals surface area (Å²) in [6.07, 6.45) is 1.90. The molecule has 404 valence electrons. The maximum Gasteiger partial charge on any atom is 0.246 e. The van der Waals surface area contributed by atoms with E-state index in [4.69, 9.17) is 0 Å². The van der Waals surface area contributed by atoms with Crippen molar-refractivity contribution in [3.05, 3.63) is 71.8 Å². The van der Waals surface area contributed by atoms with Gasteiger partial charge in [0.25, 0.3) is 0 Å². The van der Waals surface area contributed by atoms with Gasteiger partial charge in [0.2, 0.25) is 59.1 Å². The van der Waals surface area contributed by atoms with Crippen LogP contribution in [0, 0.1) is 23.7 Å². The van der Waals surface area contributed by atoms with Crippen LogP contribution in [-0.2, 0) is 60.8 Å². The largest absolute Gasteiger partial charge is 0.345 e. The Morgan fingerprint density at radius 2 is 0.784 bits per heavy atom. The van der Waals surface area contributed by atoms with Gasteiger partial charge < -0.3 is 52.3 Å². The zero-order valence-corrected chi connectivity index (χ0v) is 44.2. The van der Waals surface area contributed by atoms with Crippen molar-refractivity contribution in [1.82, 2.24) is 52.3 Å². The summed E-state index contributed by atoms with van der Waals surface area (Å²) in [7, 11) is 0. The molecule has 0 bridgehead atoms. The summed E-state index contributed by atoms with van der Waals surface area (Å²) in [5.74, 6) is -7.48. The fourth-order valence-electron chi connectivity index (χ4n) is 9.67. The van der Waals surface area contributed by atoms with Gasteiger partial charge in [-0.1, -0.05) is 116 Å². The molecule has 8 N–H and O–H groups in total. The molecular weight excluding hydrogens is 949 g/mol. The summed E-state index contributed by atoms with van der Waals surface area (Å²) >= 11 is 0. The average Bonchev–Trinajstić information content (AvgIpc) is 4.06. The number of carbonyl (C=O) groups is 10. The van der Waals surface area contributed by atoms with E-state index in [-0.39, 0.29) is 63.5 Å². The van der Waals surface area contributed by atoms with Gasteiger partial charge in [-0.05, 0) is 73.3 Å². The van der Waals surface area contributed by atoms with E-state index in [0.29, 0.717) is 12.8 Å². The van der Waals surface area contributed by atoms with Crippen LogP contribution in [0.15, 0.2) is 60.7 Å². The molecule has 0 radical (unpaired) electrons. The highest BCUT2D eigenvalue weighted by atomic mass is 16.2. The third-order valence-corrected chi connectivity index (χ3v) is 13.5. The minimum Gasteiger partial charge on any atom is -0.345 e. The second-order valence-electron chi connectivity index (χ2n) is 21.3. The molecule has 2 aromatic rings. The maximum absolute atomic E-state index is 14.6. The summed E-state index contributed by atoms with van der Waals surface area (Å²) in [4.78, 5) is 144. The molecule has 3 aliphatic heterocycles. The summed E-state index contributed by atoms with van der Waals surface area (Å²) in [6, 6.07) is 9.09. The van der Waals surface area contributed by atoms with Crippen molar-refractivity contribution in [2.24, 2.45) is 23.7 Å². The van der Waals surface area contributed by atoms with Gasteiger partial charge in [0.05, 0.1) is 13.1 Å². The number of hydrogen-bond donors (Lipinski definition) is 8. The quantitative estimate of drug-likeness (QED) is 0.167. The second-order valence-corrected chi connectivity index (χ2v) is 21.3. The number of nitrogens with zero attached hydrogens (tertiary/aromatic N) is 2. The van der Waals surface area contributed by atoms with Crippen LogP contribution in [0.1, 0.15) is 105 Å². The zero-order chi connectivity index (χ0) is 54.2. The molecule has 0 aliphatic carbocycles. The van der Waals surface area contributed by atoms with Crippen molar-refractivity contribution in [1.29, 1.82) is 0 Å². The van der Waals surface area contributed by atoms with Crippen molar-refractivity contribution in [3.63, 3.8) is 0 Å². The lowest BCUT2D eigenvalue weighted by molar-refractivity contribution is -0.143. The molecule has 20 nitrogen and oxygen atoms in total. The molecule has 8 unspecified atom stereocenters. The number of rotatable bonds is 10. The summed E-state index contributed by atoms with van der Waals surface area (Å²) in [5, 5.41) is 21.9. The Hall–Kier alpha value is -6.86. The first-order valence-corrected chi connectivity index (χ1v) is 26.2. The van der Waals surface area contributed by atoms with Crippen LogP contribution in [0.25, 0.3) is 0 Å². The van der Waals surface area contributed by atoms with Gasteiger partial charge in [-0.25, -0.2) is 0 Å². The van der Waals surface area contributed by atoms with Crippen LogP contribution in [-0.4, -0.2) is 143 Å². The molecule has 2 aromatic carbocycles. The van der Waals surface area contributed by atoms with Gasteiger partial charge in [0, 0.05) is 25.9 Å². The van der Waals surface area contributed by atoms with Crippen LogP contribution in [0.3, 0.4) is 0 Å². The maximum atomic E-state index is 14.6. The predicted molar refractivity (Wildman–Crippen MR) is 276 cm³/mol. The molecular formula is C54H78N10O10. The van der Waals surface area contributed by atoms with Crippen LogP contribution in [0.5, 0.6) is 0 Å². The standard InChI is InChI=1S/C54H78N10O10/c1-31(2)25-37-47(67)59-39(27-35-17-11-9-12-18-35)53(73)63-23-15-21-41(63)49(69)62-46(34(7)8)52(72)56-30-44(66)58-38(26-32(3)4)48(68)60-40(28-36-19-13-10-14-20-36)54(74)64-24-16-22-42(64)50(70)61-45(33(5)6)51(71)55-29-43(65)57-37/h9-14,17-20,31-34,37-42,45-46H,15-16,21-30H2,1-8H3,(H,55,71)(H,56,72)(H,57,65)(H,58,66)(H,59,67)(H,60,68)(H,61,70)(H,62,69). The monoisotopic (exact) mass is 1030 g/mol. The highest BCUT2D eigenvalue weighted by Gasteiger charge is 2.42. The summed E-state index contributed by atoms with van der Waals surface area (Å²) in [6.45, 7) is 13.6. The number of benzene rings is 2. The molecule has 0 aromatic heterocycles. The van der Waals surface area contributed by atoms with Gasteiger partial charge in [0.1, 0.15) is 48.3 Å². The highest BCUT2D eigenvalue weighted by molar-refractivity contribution is 5.99. The minimum absolute atomic E-state index is 0.0524. The van der Waals surface area contributed by atoms with E-state index in [1.807, 2.05) is 39.8 Å². The molecule has 5 rings (SSSR count). The highest BCUT2D eigenvalue weighted by Crippen LogP contribution is 2.23. The Kier molecular flexibility index (Phi) is 21.5. The average molecular weight is 1030 g/mol. The van der Waals surface area contributed by atoms with Crippen molar-refractivity contribution in [3.8, 4) is 0 Å². The van der Waals surface area contributed by atoms with E-state index < -0.39 is 132 Å². The third kappa shape index (κ3) is 16.6. The van der Waals surface area contributed by atoms with Crippen LogP contribution >= 0.6 is 0 Å². The SMILES string of the molecule is CC(C)CC1NC(=O)CNC(=O)C(C(C)C)NC(=O)C2CCCN2C(=O)C(Cc2ccccc2)NC(=O)C(CC(C)C)NC(=O)CNC(=O)C(C(C)C)NC(=O)C2CCCN2C(=O)C(Cc2ccccc2)NC1=O. The van der Waals surface area contributed by atoms with Gasteiger partial charge in [0.15, 0.2) is 0 Å². The molecule has 3 heterocycles. The molecule has 0 saturated carbocycles. The summed E-state index contributed by atoms with van der Waals surface area (Å²) < 4.78 is 0. The van der Waals surface area contributed by atoms with Crippen LogP contribution in [0.4, 0.5) is 0 Å². The van der Waals surface area contributed by atoms with Crippen molar-refractivity contribution in [2.45, 2.75) is 155 Å². The summed E-state index contributed by atoms with van der Waals surface area (Å²) in [5.41, 5.74) is 1.44. The molecule has 0 spiro atoms. The number of carbonyl (C=O) groups excluding carboxylic acids is 10. The lowest BCUT2D eigenvalue weighted by atomic mass is 10.00. The minimum atomic E-state index is -1.18.